The Hall–Kier alpha value is -3.79. The number of amides is 1. The van der Waals surface area contributed by atoms with E-state index in [9.17, 15) is 4.79 Å². The predicted octanol–water partition coefficient (Wildman–Crippen LogP) is 2.42. The summed E-state index contributed by atoms with van der Waals surface area (Å²) in [5.41, 5.74) is 2.34. The first-order chi connectivity index (χ1) is 12.2. The van der Waals surface area contributed by atoms with Gasteiger partial charge in [-0.25, -0.2) is 9.97 Å². The third-order valence-corrected chi connectivity index (χ3v) is 3.31. The molecule has 25 heavy (non-hydrogen) atoms. The molecule has 7 nitrogen and oxygen atoms in total. The number of carbonyl (C=O) groups is 1. The normalized spacial score (nSPS) is 9.88. The molecule has 2 aromatic heterocycles. The van der Waals surface area contributed by atoms with Gasteiger partial charge in [0, 0.05) is 30.8 Å². The summed E-state index contributed by atoms with van der Waals surface area (Å²) >= 11 is 0. The van der Waals surface area contributed by atoms with Crippen LogP contribution >= 0.6 is 0 Å². The van der Waals surface area contributed by atoms with E-state index < -0.39 is 0 Å². The lowest BCUT2D eigenvalue weighted by atomic mass is 10.2. The number of aromatic nitrogens is 3. The van der Waals surface area contributed by atoms with Gasteiger partial charge in [0.25, 0.3) is 5.91 Å². The summed E-state index contributed by atoms with van der Waals surface area (Å²) < 4.78 is 0. The zero-order chi connectivity index (χ0) is 17.5. The van der Waals surface area contributed by atoms with Crippen molar-refractivity contribution in [1.29, 1.82) is 5.26 Å². The summed E-state index contributed by atoms with van der Waals surface area (Å²) in [6, 6.07) is 14.2. The molecule has 1 aromatic carbocycles. The topological polar surface area (TPSA) is 104 Å². The fourth-order valence-electron chi connectivity index (χ4n) is 2.12. The van der Waals surface area contributed by atoms with Crippen LogP contribution in [0.1, 0.15) is 21.6 Å². The molecule has 0 atom stereocenters. The molecule has 7 heteroatoms. The maximum atomic E-state index is 12.2. The monoisotopic (exact) mass is 330 g/mol. The van der Waals surface area contributed by atoms with E-state index in [0.717, 1.165) is 5.56 Å². The van der Waals surface area contributed by atoms with E-state index in [4.69, 9.17) is 5.26 Å². The highest BCUT2D eigenvalue weighted by Crippen LogP contribution is 2.14. The quantitative estimate of drug-likeness (QED) is 0.744. The molecule has 0 aliphatic carbocycles. The Bertz CT molecular complexity index is 920. The van der Waals surface area contributed by atoms with Crippen LogP contribution in [0.4, 0.5) is 11.6 Å². The van der Waals surface area contributed by atoms with Crippen molar-refractivity contribution in [3.63, 3.8) is 0 Å². The van der Waals surface area contributed by atoms with Crippen molar-refractivity contribution in [2.45, 2.75) is 6.54 Å². The van der Waals surface area contributed by atoms with Crippen molar-refractivity contribution in [2.75, 3.05) is 5.32 Å². The number of hydrogen-bond donors (Lipinski definition) is 2. The van der Waals surface area contributed by atoms with E-state index in [1.807, 2.05) is 12.1 Å². The first-order valence-corrected chi connectivity index (χ1v) is 7.52. The Labute approximate surface area is 144 Å². The Balaban J connectivity index is 1.68. The van der Waals surface area contributed by atoms with Crippen LogP contribution in [-0.2, 0) is 6.54 Å². The third kappa shape index (κ3) is 4.36. The minimum absolute atomic E-state index is 0.248. The smallest absolute Gasteiger partial charge is 0.270 e. The molecule has 2 N–H and O–H groups in total. The number of carbonyl (C=O) groups excluding carboxylic acids is 1. The lowest BCUT2D eigenvalue weighted by Gasteiger charge is -2.07. The fraction of sp³-hybridized carbons (Fsp3) is 0.0556. The largest absolute Gasteiger partial charge is 0.347 e. The molecule has 0 aliphatic rings. The Morgan fingerprint density at radius 1 is 1.16 bits per heavy atom. The van der Waals surface area contributed by atoms with Gasteiger partial charge < -0.3 is 10.6 Å². The first-order valence-electron chi connectivity index (χ1n) is 7.52. The second-order valence-electron chi connectivity index (χ2n) is 5.13. The lowest BCUT2D eigenvalue weighted by Crippen LogP contribution is -2.24. The highest BCUT2D eigenvalue weighted by molar-refractivity contribution is 5.92. The molecular formula is C18H14N6O. The van der Waals surface area contributed by atoms with Crippen LogP contribution < -0.4 is 10.6 Å². The van der Waals surface area contributed by atoms with Gasteiger partial charge in [-0.2, -0.15) is 5.26 Å². The van der Waals surface area contributed by atoms with E-state index >= 15 is 0 Å². The summed E-state index contributed by atoms with van der Waals surface area (Å²) in [7, 11) is 0. The number of rotatable bonds is 5. The average Bonchev–Trinajstić information content (AvgIpc) is 2.67. The van der Waals surface area contributed by atoms with Crippen molar-refractivity contribution in [2.24, 2.45) is 0 Å². The molecule has 1 amide bonds. The van der Waals surface area contributed by atoms with Crippen LogP contribution in [0, 0.1) is 11.3 Å². The molecule has 0 unspecified atom stereocenters. The van der Waals surface area contributed by atoms with Crippen molar-refractivity contribution in [3.8, 4) is 6.07 Å². The van der Waals surface area contributed by atoms with Gasteiger partial charge in [-0.05, 0) is 35.9 Å². The van der Waals surface area contributed by atoms with Crippen LogP contribution in [-0.4, -0.2) is 20.9 Å². The molecule has 0 saturated carbocycles. The van der Waals surface area contributed by atoms with Crippen molar-refractivity contribution < 1.29 is 4.79 Å². The van der Waals surface area contributed by atoms with Crippen molar-refractivity contribution in [1.82, 2.24) is 20.3 Å². The zero-order valence-electron chi connectivity index (χ0n) is 13.2. The van der Waals surface area contributed by atoms with E-state index in [-0.39, 0.29) is 17.5 Å². The molecule has 2 heterocycles. The zero-order valence-corrected chi connectivity index (χ0v) is 13.2. The lowest BCUT2D eigenvalue weighted by molar-refractivity contribution is 0.0946. The molecule has 0 bridgehead atoms. The van der Waals surface area contributed by atoms with Gasteiger partial charge in [-0.1, -0.05) is 12.1 Å². The maximum absolute atomic E-state index is 12.2. The fourth-order valence-corrected chi connectivity index (χ4v) is 2.12. The van der Waals surface area contributed by atoms with E-state index in [1.165, 1.54) is 12.3 Å². The Morgan fingerprint density at radius 3 is 2.88 bits per heavy atom. The first kappa shape index (κ1) is 16.1. The Kier molecular flexibility index (Phi) is 4.93. The number of anilines is 2. The Morgan fingerprint density at radius 2 is 2.08 bits per heavy atom. The summed E-state index contributed by atoms with van der Waals surface area (Å²) in [6.45, 7) is 0.365. The van der Waals surface area contributed by atoms with E-state index in [1.54, 1.807) is 36.7 Å². The minimum Gasteiger partial charge on any atom is -0.347 e. The van der Waals surface area contributed by atoms with Gasteiger partial charge in [0.15, 0.2) is 0 Å². The van der Waals surface area contributed by atoms with Gasteiger partial charge in [-0.3, -0.25) is 9.78 Å². The van der Waals surface area contributed by atoms with E-state index in [2.05, 4.69) is 31.7 Å². The average molecular weight is 330 g/mol. The molecule has 0 fully saturated rings. The minimum atomic E-state index is -0.305. The van der Waals surface area contributed by atoms with E-state index in [0.29, 0.717) is 17.8 Å². The van der Waals surface area contributed by atoms with Gasteiger partial charge >= 0.3 is 0 Å². The number of nitrogens with one attached hydrogen (secondary N) is 2. The summed E-state index contributed by atoms with van der Waals surface area (Å²) in [4.78, 5) is 24.5. The van der Waals surface area contributed by atoms with Crippen LogP contribution in [0.5, 0.6) is 0 Å². The molecular weight excluding hydrogens is 316 g/mol. The third-order valence-electron chi connectivity index (χ3n) is 3.31. The predicted molar refractivity (Wildman–Crippen MR) is 91.9 cm³/mol. The molecule has 0 aliphatic heterocycles. The van der Waals surface area contributed by atoms with Crippen molar-refractivity contribution in [3.05, 3.63) is 77.9 Å². The van der Waals surface area contributed by atoms with Crippen LogP contribution in [0.2, 0.25) is 0 Å². The van der Waals surface area contributed by atoms with Gasteiger partial charge in [-0.15, -0.1) is 0 Å². The molecule has 0 saturated heterocycles. The second-order valence-corrected chi connectivity index (χ2v) is 5.13. The van der Waals surface area contributed by atoms with Gasteiger partial charge in [0.05, 0.1) is 11.6 Å². The highest BCUT2D eigenvalue weighted by atomic mass is 16.1. The van der Waals surface area contributed by atoms with Crippen LogP contribution in [0.15, 0.2) is 61.1 Å². The van der Waals surface area contributed by atoms with Crippen molar-refractivity contribution >= 4 is 17.5 Å². The maximum Gasteiger partial charge on any atom is 0.270 e. The highest BCUT2D eigenvalue weighted by Gasteiger charge is 2.09. The molecule has 0 spiro atoms. The molecule has 3 aromatic rings. The molecule has 0 radical (unpaired) electrons. The SMILES string of the molecule is N#Cc1cccc(Nc2nccc(C(=O)NCc3cccnc3)n2)c1. The number of benzene rings is 1. The number of pyridine rings is 1. The van der Waals surface area contributed by atoms with Crippen LogP contribution in [0.3, 0.4) is 0 Å². The van der Waals surface area contributed by atoms with Gasteiger partial charge in [0.1, 0.15) is 5.69 Å². The number of hydrogen-bond acceptors (Lipinski definition) is 6. The number of nitriles is 1. The summed E-state index contributed by atoms with van der Waals surface area (Å²) in [5.74, 6) is -0.0239. The summed E-state index contributed by atoms with van der Waals surface area (Å²) in [6.07, 6.45) is 4.87. The second kappa shape index (κ2) is 7.66. The van der Waals surface area contributed by atoms with Crippen LogP contribution in [0.25, 0.3) is 0 Å². The van der Waals surface area contributed by atoms with Gasteiger partial charge in [0.2, 0.25) is 5.95 Å². The molecule has 3 rings (SSSR count). The molecule has 122 valence electrons. The number of nitrogens with zero attached hydrogens (tertiary/aromatic N) is 4. The standard InChI is InChI=1S/C18H14N6O/c19-10-13-3-1-5-15(9-13)23-18-21-8-6-16(24-18)17(25)22-12-14-4-2-7-20-11-14/h1-9,11H,12H2,(H,22,25)(H,21,23,24). The summed E-state index contributed by atoms with van der Waals surface area (Å²) in [5, 5.41) is 14.7.